The number of fused-ring (bicyclic) bond motifs is 1. The fourth-order valence-electron chi connectivity index (χ4n) is 2.55. The van der Waals surface area contributed by atoms with Crippen molar-refractivity contribution in [3.05, 3.63) is 65.2 Å². The Hall–Kier alpha value is -2.29. The second-order valence-electron chi connectivity index (χ2n) is 4.80. The number of anilines is 1. The zero-order valence-corrected chi connectivity index (χ0v) is 10.5. The van der Waals surface area contributed by atoms with Crippen molar-refractivity contribution < 1.29 is 9.90 Å². The predicted octanol–water partition coefficient (Wildman–Crippen LogP) is 2.95. The molecule has 19 heavy (non-hydrogen) atoms. The molecule has 0 aliphatic carbocycles. The van der Waals surface area contributed by atoms with Gasteiger partial charge in [-0.3, -0.25) is 0 Å². The number of carbonyl (C=O) groups is 1. The molecular formula is C16H15NO2. The molecule has 1 N–H and O–H groups in total. The smallest absolute Gasteiger partial charge is 0.335 e. The van der Waals surface area contributed by atoms with E-state index in [0.29, 0.717) is 5.56 Å². The quantitative estimate of drug-likeness (QED) is 0.894. The molecule has 0 spiro atoms. The Kier molecular flexibility index (Phi) is 2.95. The lowest BCUT2D eigenvalue weighted by atomic mass is 9.97. The van der Waals surface area contributed by atoms with Gasteiger partial charge in [0.25, 0.3) is 0 Å². The molecule has 0 aromatic heterocycles. The Morgan fingerprint density at radius 3 is 2.58 bits per heavy atom. The number of hydrogen-bond acceptors (Lipinski definition) is 2. The van der Waals surface area contributed by atoms with Gasteiger partial charge in [-0.15, -0.1) is 0 Å². The van der Waals surface area contributed by atoms with Crippen LogP contribution in [-0.2, 0) is 13.0 Å². The standard InChI is InChI=1S/C16H15NO2/c18-16(19)13-7-6-12-8-9-17(11-14(12)10-13)15-4-2-1-3-5-15/h1-7,10H,8-9,11H2,(H,18,19). The van der Waals surface area contributed by atoms with E-state index in [4.69, 9.17) is 5.11 Å². The van der Waals surface area contributed by atoms with Crippen LogP contribution in [0.4, 0.5) is 5.69 Å². The second kappa shape index (κ2) is 4.76. The summed E-state index contributed by atoms with van der Waals surface area (Å²) in [6.45, 7) is 1.75. The molecular weight excluding hydrogens is 238 g/mol. The van der Waals surface area contributed by atoms with Gasteiger partial charge in [0.2, 0.25) is 0 Å². The van der Waals surface area contributed by atoms with E-state index in [1.54, 1.807) is 12.1 Å². The highest BCUT2D eigenvalue weighted by Gasteiger charge is 2.17. The Morgan fingerprint density at radius 2 is 1.84 bits per heavy atom. The lowest BCUT2D eigenvalue weighted by Crippen LogP contribution is -2.30. The molecule has 0 atom stereocenters. The first-order valence-corrected chi connectivity index (χ1v) is 6.39. The van der Waals surface area contributed by atoms with Crippen LogP contribution in [0.15, 0.2) is 48.5 Å². The minimum absolute atomic E-state index is 0.369. The summed E-state index contributed by atoms with van der Waals surface area (Å²) in [7, 11) is 0. The second-order valence-corrected chi connectivity index (χ2v) is 4.80. The molecule has 0 saturated carbocycles. The maximum atomic E-state index is 11.0. The van der Waals surface area contributed by atoms with E-state index in [1.165, 1.54) is 11.3 Å². The molecule has 3 nitrogen and oxygen atoms in total. The van der Waals surface area contributed by atoms with Crippen LogP contribution in [-0.4, -0.2) is 17.6 Å². The van der Waals surface area contributed by atoms with Gasteiger partial charge in [-0.05, 0) is 41.8 Å². The van der Waals surface area contributed by atoms with Gasteiger partial charge in [0.05, 0.1) is 5.56 Å². The molecule has 0 bridgehead atoms. The number of nitrogens with zero attached hydrogens (tertiary/aromatic N) is 1. The normalized spacial score (nSPS) is 14.0. The molecule has 2 aromatic rings. The monoisotopic (exact) mass is 253 g/mol. The van der Waals surface area contributed by atoms with Crippen LogP contribution in [0, 0.1) is 0 Å². The van der Waals surface area contributed by atoms with E-state index in [0.717, 1.165) is 25.1 Å². The summed E-state index contributed by atoms with van der Waals surface area (Å²) >= 11 is 0. The van der Waals surface area contributed by atoms with E-state index >= 15 is 0 Å². The third-order valence-electron chi connectivity index (χ3n) is 3.59. The summed E-state index contributed by atoms with van der Waals surface area (Å²) < 4.78 is 0. The van der Waals surface area contributed by atoms with Crippen molar-refractivity contribution in [3.63, 3.8) is 0 Å². The van der Waals surface area contributed by atoms with Crippen LogP contribution in [0.1, 0.15) is 21.5 Å². The van der Waals surface area contributed by atoms with E-state index < -0.39 is 5.97 Å². The summed E-state index contributed by atoms with van der Waals surface area (Å²) in [6.07, 6.45) is 0.962. The minimum Gasteiger partial charge on any atom is -0.478 e. The number of para-hydroxylation sites is 1. The van der Waals surface area contributed by atoms with Gasteiger partial charge < -0.3 is 10.0 Å². The molecule has 0 radical (unpaired) electrons. The van der Waals surface area contributed by atoms with E-state index in [9.17, 15) is 4.79 Å². The maximum absolute atomic E-state index is 11.0. The number of carboxylic acid groups (broad SMARTS) is 1. The van der Waals surface area contributed by atoms with Crippen molar-refractivity contribution in [3.8, 4) is 0 Å². The van der Waals surface area contributed by atoms with Gasteiger partial charge in [0.1, 0.15) is 0 Å². The summed E-state index contributed by atoms with van der Waals surface area (Å²) in [5, 5.41) is 9.06. The largest absolute Gasteiger partial charge is 0.478 e. The maximum Gasteiger partial charge on any atom is 0.335 e. The fraction of sp³-hybridized carbons (Fsp3) is 0.188. The van der Waals surface area contributed by atoms with Gasteiger partial charge in [-0.1, -0.05) is 24.3 Å². The number of rotatable bonds is 2. The van der Waals surface area contributed by atoms with E-state index in [1.807, 2.05) is 24.3 Å². The zero-order valence-electron chi connectivity index (χ0n) is 10.5. The molecule has 0 saturated heterocycles. The molecule has 3 rings (SSSR count). The van der Waals surface area contributed by atoms with Gasteiger partial charge in [-0.2, -0.15) is 0 Å². The number of hydrogen-bond donors (Lipinski definition) is 1. The highest BCUT2D eigenvalue weighted by atomic mass is 16.4. The Balaban J connectivity index is 1.90. The van der Waals surface area contributed by atoms with Crippen LogP contribution in [0.25, 0.3) is 0 Å². The first-order chi connectivity index (χ1) is 9.24. The molecule has 0 fully saturated rings. The molecule has 3 heteroatoms. The molecule has 2 aromatic carbocycles. The SMILES string of the molecule is O=C(O)c1ccc2c(c1)CN(c1ccccc1)CC2. The number of carboxylic acids is 1. The molecule has 1 aliphatic rings. The van der Waals surface area contributed by atoms with Crippen LogP contribution in [0.5, 0.6) is 0 Å². The molecule has 1 heterocycles. The summed E-state index contributed by atoms with van der Waals surface area (Å²) in [4.78, 5) is 13.3. The topological polar surface area (TPSA) is 40.5 Å². The Labute approximate surface area is 112 Å². The predicted molar refractivity (Wildman–Crippen MR) is 74.6 cm³/mol. The van der Waals surface area contributed by atoms with Gasteiger partial charge in [0.15, 0.2) is 0 Å². The number of aromatic carboxylic acids is 1. The minimum atomic E-state index is -0.861. The Bertz CT molecular complexity index is 607. The van der Waals surface area contributed by atoms with Crippen molar-refractivity contribution in [1.82, 2.24) is 0 Å². The third kappa shape index (κ3) is 2.32. The third-order valence-corrected chi connectivity index (χ3v) is 3.59. The van der Waals surface area contributed by atoms with Gasteiger partial charge in [0, 0.05) is 18.8 Å². The van der Waals surface area contributed by atoms with Crippen LogP contribution in [0.2, 0.25) is 0 Å². The summed E-state index contributed by atoms with van der Waals surface area (Å²) in [5.74, 6) is -0.861. The highest BCUT2D eigenvalue weighted by molar-refractivity contribution is 5.88. The first-order valence-electron chi connectivity index (χ1n) is 6.39. The lowest BCUT2D eigenvalue weighted by molar-refractivity contribution is 0.0696. The average molecular weight is 253 g/mol. The lowest BCUT2D eigenvalue weighted by Gasteiger charge is -2.30. The molecule has 0 amide bonds. The van der Waals surface area contributed by atoms with Gasteiger partial charge >= 0.3 is 5.97 Å². The van der Waals surface area contributed by atoms with Gasteiger partial charge in [-0.25, -0.2) is 4.79 Å². The van der Waals surface area contributed by atoms with Crippen molar-refractivity contribution in [2.24, 2.45) is 0 Å². The van der Waals surface area contributed by atoms with E-state index in [2.05, 4.69) is 17.0 Å². The molecule has 0 unspecified atom stereocenters. The Morgan fingerprint density at radius 1 is 1.05 bits per heavy atom. The summed E-state index contributed by atoms with van der Waals surface area (Å²) in [5.41, 5.74) is 3.94. The van der Waals surface area contributed by atoms with Crippen molar-refractivity contribution in [2.45, 2.75) is 13.0 Å². The van der Waals surface area contributed by atoms with E-state index in [-0.39, 0.29) is 0 Å². The first kappa shape index (κ1) is 11.8. The van der Waals surface area contributed by atoms with Crippen molar-refractivity contribution >= 4 is 11.7 Å². The summed E-state index contributed by atoms with van der Waals surface area (Å²) in [6, 6.07) is 15.7. The molecule has 96 valence electrons. The van der Waals surface area contributed by atoms with Crippen LogP contribution < -0.4 is 4.90 Å². The van der Waals surface area contributed by atoms with Crippen LogP contribution in [0.3, 0.4) is 0 Å². The van der Waals surface area contributed by atoms with Crippen molar-refractivity contribution in [2.75, 3.05) is 11.4 Å². The zero-order chi connectivity index (χ0) is 13.2. The fourth-order valence-corrected chi connectivity index (χ4v) is 2.55. The highest BCUT2D eigenvalue weighted by Crippen LogP contribution is 2.25. The average Bonchev–Trinajstić information content (AvgIpc) is 2.47. The van der Waals surface area contributed by atoms with Crippen molar-refractivity contribution in [1.29, 1.82) is 0 Å². The number of benzene rings is 2. The van der Waals surface area contributed by atoms with Crippen LogP contribution >= 0.6 is 0 Å². The molecule has 1 aliphatic heterocycles.